The number of nitrogens with one attached hydrogen (secondary N) is 1. The fraction of sp³-hybridized carbons (Fsp3) is 0.867. The molecule has 2 rings (SSSR count). The summed E-state index contributed by atoms with van der Waals surface area (Å²) >= 11 is 0. The number of rotatable bonds is 2. The van der Waals surface area contributed by atoms with Crippen LogP contribution >= 0.6 is 0 Å². The molecule has 4 heteroatoms. The number of piperidine rings is 1. The molecule has 2 unspecified atom stereocenters. The van der Waals surface area contributed by atoms with Gasteiger partial charge < -0.3 is 10.2 Å². The molecule has 0 spiro atoms. The van der Waals surface area contributed by atoms with Crippen LogP contribution in [0.15, 0.2) is 0 Å². The van der Waals surface area contributed by atoms with Crippen LogP contribution in [-0.2, 0) is 9.59 Å². The van der Waals surface area contributed by atoms with Gasteiger partial charge >= 0.3 is 0 Å². The Bertz CT molecular complexity index is 337. The number of hydrogen-bond acceptors (Lipinski definition) is 2. The van der Waals surface area contributed by atoms with Crippen LogP contribution in [0.25, 0.3) is 0 Å². The lowest BCUT2D eigenvalue weighted by Gasteiger charge is -2.39. The van der Waals surface area contributed by atoms with E-state index in [1.165, 1.54) is 19.3 Å². The Morgan fingerprint density at radius 3 is 2.42 bits per heavy atom. The average Bonchev–Trinajstić information content (AvgIpc) is 2.37. The zero-order valence-electron chi connectivity index (χ0n) is 12.2. The summed E-state index contributed by atoms with van der Waals surface area (Å²) in [6, 6.07) is 0.133. The molecular weight excluding hydrogens is 240 g/mol. The maximum atomic E-state index is 12.5. The maximum absolute atomic E-state index is 12.5. The number of carbonyl (C=O) groups is 2. The molecule has 0 aromatic carbocycles. The Kier molecular flexibility index (Phi) is 4.83. The van der Waals surface area contributed by atoms with E-state index in [0.29, 0.717) is 18.4 Å². The third-order valence-electron chi connectivity index (χ3n) is 4.33. The number of likely N-dealkylation sites (tertiary alicyclic amines) is 1. The van der Waals surface area contributed by atoms with Crippen LogP contribution in [0.1, 0.15) is 52.4 Å². The molecule has 0 radical (unpaired) electrons. The molecule has 1 saturated heterocycles. The lowest BCUT2D eigenvalue weighted by atomic mass is 9.87. The summed E-state index contributed by atoms with van der Waals surface area (Å²) < 4.78 is 0. The van der Waals surface area contributed by atoms with Crippen molar-refractivity contribution >= 4 is 11.8 Å². The number of carbonyl (C=O) groups excluding carboxylic acids is 2. The van der Waals surface area contributed by atoms with Gasteiger partial charge in [0.2, 0.25) is 11.8 Å². The van der Waals surface area contributed by atoms with Crippen molar-refractivity contribution in [2.75, 3.05) is 13.1 Å². The summed E-state index contributed by atoms with van der Waals surface area (Å²) in [5.74, 6) is 1.03. The van der Waals surface area contributed by atoms with Crippen molar-refractivity contribution in [2.45, 2.75) is 58.4 Å². The Labute approximate surface area is 115 Å². The van der Waals surface area contributed by atoms with Gasteiger partial charge in [0.1, 0.15) is 0 Å². The molecular formula is C15H26N2O2. The van der Waals surface area contributed by atoms with Gasteiger partial charge in [-0.2, -0.15) is 0 Å². The highest BCUT2D eigenvalue weighted by Crippen LogP contribution is 2.27. The molecule has 2 fully saturated rings. The Balaban J connectivity index is 1.94. The standard InChI is InChI=1S/C15H26N2O2/c1-11-8-14(16-12(2)18)10-17(9-11)15(19)13-6-4-3-5-7-13/h11,13-14H,3-10H2,1-2H3,(H,16,18). The van der Waals surface area contributed by atoms with Gasteiger partial charge in [-0.25, -0.2) is 0 Å². The number of nitrogens with zero attached hydrogens (tertiary/aromatic N) is 1. The molecule has 4 nitrogen and oxygen atoms in total. The largest absolute Gasteiger partial charge is 0.352 e. The molecule has 0 bridgehead atoms. The molecule has 1 aliphatic heterocycles. The van der Waals surface area contributed by atoms with Gasteiger partial charge in [-0.05, 0) is 25.2 Å². The molecule has 0 aromatic rings. The van der Waals surface area contributed by atoms with Crippen molar-refractivity contribution in [3.8, 4) is 0 Å². The summed E-state index contributed by atoms with van der Waals surface area (Å²) in [7, 11) is 0. The summed E-state index contributed by atoms with van der Waals surface area (Å²) in [5, 5.41) is 2.97. The minimum Gasteiger partial charge on any atom is -0.352 e. The normalized spacial score (nSPS) is 29.1. The van der Waals surface area contributed by atoms with Crippen LogP contribution in [0, 0.1) is 11.8 Å². The molecule has 1 aliphatic carbocycles. The second-order valence-electron chi connectivity index (χ2n) is 6.32. The highest BCUT2D eigenvalue weighted by Gasteiger charge is 2.32. The highest BCUT2D eigenvalue weighted by atomic mass is 16.2. The van der Waals surface area contributed by atoms with E-state index in [0.717, 1.165) is 25.8 Å². The van der Waals surface area contributed by atoms with E-state index in [1.54, 1.807) is 6.92 Å². The first-order valence-electron chi connectivity index (χ1n) is 7.62. The maximum Gasteiger partial charge on any atom is 0.225 e. The molecule has 2 amide bonds. The van der Waals surface area contributed by atoms with Crippen LogP contribution in [-0.4, -0.2) is 35.8 Å². The van der Waals surface area contributed by atoms with Gasteiger partial charge in [0.15, 0.2) is 0 Å². The van der Waals surface area contributed by atoms with Gasteiger partial charge in [-0.3, -0.25) is 9.59 Å². The zero-order valence-corrected chi connectivity index (χ0v) is 12.2. The molecule has 0 aromatic heterocycles. The third kappa shape index (κ3) is 3.95. The Morgan fingerprint density at radius 2 is 1.79 bits per heavy atom. The van der Waals surface area contributed by atoms with Crippen LogP contribution in [0.4, 0.5) is 0 Å². The third-order valence-corrected chi connectivity index (χ3v) is 4.33. The predicted molar refractivity (Wildman–Crippen MR) is 74.5 cm³/mol. The average molecular weight is 266 g/mol. The van der Waals surface area contributed by atoms with E-state index in [-0.39, 0.29) is 17.9 Å². The molecule has 1 N–H and O–H groups in total. The molecule has 1 saturated carbocycles. The second kappa shape index (κ2) is 6.40. The first-order chi connectivity index (χ1) is 9.06. The fourth-order valence-electron chi connectivity index (χ4n) is 3.53. The Morgan fingerprint density at radius 1 is 1.11 bits per heavy atom. The zero-order chi connectivity index (χ0) is 13.8. The van der Waals surface area contributed by atoms with Crippen molar-refractivity contribution in [1.82, 2.24) is 10.2 Å². The quantitative estimate of drug-likeness (QED) is 0.830. The van der Waals surface area contributed by atoms with Crippen molar-refractivity contribution < 1.29 is 9.59 Å². The lowest BCUT2D eigenvalue weighted by molar-refractivity contribution is -0.139. The topological polar surface area (TPSA) is 49.4 Å². The van der Waals surface area contributed by atoms with Gasteiger partial charge in [0, 0.05) is 32.0 Å². The molecule has 2 aliphatic rings. The van der Waals surface area contributed by atoms with E-state index in [2.05, 4.69) is 12.2 Å². The van der Waals surface area contributed by atoms with Crippen LogP contribution in [0.2, 0.25) is 0 Å². The van der Waals surface area contributed by atoms with Gasteiger partial charge in [0.25, 0.3) is 0 Å². The minimum absolute atomic E-state index is 0.00386. The van der Waals surface area contributed by atoms with Crippen LogP contribution in [0.5, 0.6) is 0 Å². The van der Waals surface area contributed by atoms with Crippen molar-refractivity contribution in [1.29, 1.82) is 0 Å². The first kappa shape index (κ1) is 14.4. The van der Waals surface area contributed by atoms with E-state index in [1.807, 2.05) is 4.90 Å². The summed E-state index contributed by atoms with van der Waals surface area (Å²) in [6.45, 7) is 5.26. The van der Waals surface area contributed by atoms with Crippen LogP contribution in [0.3, 0.4) is 0 Å². The first-order valence-corrected chi connectivity index (χ1v) is 7.62. The molecule has 1 heterocycles. The van der Waals surface area contributed by atoms with Crippen molar-refractivity contribution in [2.24, 2.45) is 11.8 Å². The SMILES string of the molecule is CC(=O)NC1CC(C)CN(C(=O)C2CCCCC2)C1. The van der Waals surface area contributed by atoms with Crippen molar-refractivity contribution in [3.63, 3.8) is 0 Å². The van der Waals surface area contributed by atoms with Gasteiger partial charge in [-0.15, -0.1) is 0 Å². The molecule has 19 heavy (non-hydrogen) atoms. The van der Waals surface area contributed by atoms with Crippen molar-refractivity contribution in [3.05, 3.63) is 0 Å². The van der Waals surface area contributed by atoms with E-state index < -0.39 is 0 Å². The molecule has 2 atom stereocenters. The summed E-state index contributed by atoms with van der Waals surface area (Å²) in [5.41, 5.74) is 0. The lowest BCUT2D eigenvalue weighted by Crippen LogP contribution is -2.53. The fourth-order valence-corrected chi connectivity index (χ4v) is 3.53. The van der Waals surface area contributed by atoms with Gasteiger partial charge in [-0.1, -0.05) is 26.2 Å². The predicted octanol–water partition coefficient (Wildman–Crippen LogP) is 1.94. The second-order valence-corrected chi connectivity index (χ2v) is 6.32. The highest BCUT2D eigenvalue weighted by molar-refractivity contribution is 5.79. The summed E-state index contributed by atoms with van der Waals surface area (Å²) in [6.07, 6.45) is 6.73. The van der Waals surface area contributed by atoms with E-state index in [4.69, 9.17) is 0 Å². The van der Waals surface area contributed by atoms with Gasteiger partial charge in [0.05, 0.1) is 0 Å². The number of amides is 2. The molecule has 108 valence electrons. The Hall–Kier alpha value is -1.06. The van der Waals surface area contributed by atoms with Crippen LogP contribution < -0.4 is 5.32 Å². The monoisotopic (exact) mass is 266 g/mol. The number of hydrogen-bond donors (Lipinski definition) is 1. The smallest absolute Gasteiger partial charge is 0.225 e. The van der Waals surface area contributed by atoms with E-state index in [9.17, 15) is 9.59 Å². The minimum atomic E-state index is 0.00386. The van der Waals surface area contributed by atoms with E-state index >= 15 is 0 Å². The summed E-state index contributed by atoms with van der Waals surface area (Å²) in [4.78, 5) is 25.7.